The molecule has 1 N–H and O–H groups in total. The highest BCUT2D eigenvalue weighted by Crippen LogP contribution is 2.30. The van der Waals surface area contributed by atoms with E-state index in [1.807, 2.05) is 34.9 Å². The molecule has 6 heteroatoms. The second-order valence-corrected chi connectivity index (χ2v) is 5.38. The number of nitrogens with one attached hydrogen (secondary N) is 1. The van der Waals surface area contributed by atoms with Gasteiger partial charge in [0.2, 0.25) is 0 Å². The maximum Gasteiger partial charge on any atom is 0.200 e. The standard InChI is InChI=1S/C14H9Cl2N3S/c15-9-6-7-12(16)11(8-9)13-17-18-14(20)19(13)10-4-2-1-3-5-10/h1-8H,(H,18,20). The number of rotatable bonds is 2. The Hall–Kier alpha value is -1.62. The molecular formula is C14H9Cl2N3S. The van der Waals surface area contributed by atoms with Crippen molar-refractivity contribution in [1.29, 1.82) is 0 Å². The van der Waals surface area contributed by atoms with Crippen LogP contribution in [0.4, 0.5) is 0 Å². The molecule has 0 aliphatic rings. The molecule has 3 nitrogen and oxygen atoms in total. The third-order valence-corrected chi connectivity index (χ3v) is 3.69. The first-order valence-electron chi connectivity index (χ1n) is 5.85. The van der Waals surface area contributed by atoms with Crippen LogP contribution in [-0.2, 0) is 0 Å². The van der Waals surface area contributed by atoms with Gasteiger partial charge in [0.1, 0.15) is 0 Å². The van der Waals surface area contributed by atoms with Gasteiger partial charge in [-0.25, -0.2) is 0 Å². The fraction of sp³-hybridized carbons (Fsp3) is 0. The summed E-state index contributed by atoms with van der Waals surface area (Å²) in [6, 6.07) is 15.0. The quantitative estimate of drug-likeness (QED) is 0.681. The molecule has 0 spiro atoms. The highest BCUT2D eigenvalue weighted by molar-refractivity contribution is 7.71. The van der Waals surface area contributed by atoms with E-state index >= 15 is 0 Å². The largest absolute Gasteiger partial charge is 0.268 e. The minimum absolute atomic E-state index is 0.502. The molecule has 0 amide bonds. The summed E-state index contributed by atoms with van der Waals surface area (Å²) in [7, 11) is 0. The molecule has 0 bridgehead atoms. The van der Waals surface area contributed by atoms with Gasteiger partial charge in [-0.1, -0.05) is 41.4 Å². The summed E-state index contributed by atoms with van der Waals surface area (Å²) in [4.78, 5) is 0. The van der Waals surface area contributed by atoms with Gasteiger partial charge >= 0.3 is 0 Å². The van der Waals surface area contributed by atoms with Crippen molar-refractivity contribution in [2.24, 2.45) is 0 Å². The Bertz CT molecular complexity index is 809. The predicted octanol–water partition coefficient (Wildman–Crippen LogP) is 4.90. The van der Waals surface area contributed by atoms with Crippen LogP contribution in [0.5, 0.6) is 0 Å². The summed E-state index contributed by atoms with van der Waals surface area (Å²) in [6.45, 7) is 0. The maximum absolute atomic E-state index is 6.24. The number of halogens is 2. The minimum Gasteiger partial charge on any atom is -0.268 e. The van der Waals surface area contributed by atoms with Gasteiger partial charge < -0.3 is 0 Å². The molecule has 0 fully saturated rings. The smallest absolute Gasteiger partial charge is 0.200 e. The zero-order valence-electron chi connectivity index (χ0n) is 10.2. The molecule has 1 heterocycles. The van der Waals surface area contributed by atoms with Gasteiger partial charge in [0.15, 0.2) is 10.6 Å². The lowest BCUT2D eigenvalue weighted by Gasteiger charge is -2.08. The molecule has 0 aliphatic heterocycles. The van der Waals surface area contributed by atoms with Gasteiger partial charge in [-0.3, -0.25) is 9.67 Å². The third-order valence-electron chi connectivity index (χ3n) is 2.86. The summed E-state index contributed by atoms with van der Waals surface area (Å²) >= 11 is 17.6. The maximum atomic E-state index is 6.24. The molecule has 3 aromatic rings. The monoisotopic (exact) mass is 321 g/mol. The molecule has 0 saturated heterocycles. The molecule has 0 atom stereocenters. The Labute approximate surface area is 130 Å². The third kappa shape index (κ3) is 2.38. The van der Waals surface area contributed by atoms with E-state index in [1.54, 1.807) is 18.2 Å². The first-order valence-corrected chi connectivity index (χ1v) is 7.01. The molecule has 100 valence electrons. The van der Waals surface area contributed by atoms with E-state index in [1.165, 1.54) is 0 Å². The summed E-state index contributed by atoms with van der Waals surface area (Å²) in [5.41, 5.74) is 1.65. The molecule has 1 aromatic heterocycles. The number of benzene rings is 2. The Morgan fingerprint density at radius 1 is 1.05 bits per heavy atom. The number of H-pyrrole nitrogens is 1. The average molecular weight is 322 g/mol. The van der Waals surface area contributed by atoms with Crippen LogP contribution in [0.15, 0.2) is 48.5 Å². The molecule has 0 aliphatic carbocycles. The Morgan fingerprint density at radius 3 is 2.55 bits per heavy atom. The van der Waals surface area contributed by atoms with Crippen molar-refractivity contribution in [2.75, 3.05) is 0 Å². The minimum atomic E-state index is 0.502. The zero-order valence-corrected chi connectivity index (χ0v) is 12.5. The predicted molar refractivity (Wildman–Crippen MR) is 84.2 cm³/mol. The molecule has 2 aromatic carbocycles. The summed E-state index contributed by atoms with van der Waals surface area (Å²) in [5.74, 6) is 0.633. The molecule has 3 rings (SSSR count). The highest BCUT2D eigenvalue weighted by atomic mass is 35.5. The number of nitrogens with zero attached hydrogens (tertiary/aromatic N) is 2. The lowest BCUT2D eigenvalue weighted by atomic mass is 10.2. The van der Waals surface area contributed by atoms with Crippen LogP contribution in [0.25, 0.3) is 17.1 Å². The Kier molecular flexibility index (Phi) is 3.61. The first kappa shape index (κ1) is 13.4. The van der Waals surface area contributed by atoms with Crippen molar-refractivity contribution in [3.8, 4) is 17.1 Å². The number of aromatic amines is 1. The number of para-hydroxylation sites is 1. The van der Waals surface area contributed by atoms with Crippen LogP contribution in [0.2, 0.25) is 10.0 Å². The average Bonchev–Trinajstić information content (AvgIpc) is 2.84. The van der Waals surface area contributed by atoms with Crippen molar-refractivity contribution in [3.05, 3.63) is 63.3 Å². The lowest BCUT2D eigenvalue weighted by Crippen LogP contribution is -1.97. The summed E-state index contributed by atoms with van der Waals surface area (Å²) < 4.78 is 2.33. The van der Waals surface area contributed by atoms with Gasteiger partial charge in [0.25, 0.3) is 0 Å². The van der Waals surface area contributed by atoms with E-state index in [9.17, 15) is 0 Å². The molecule has 20 heavy (non-hydrogen) atoms. The van der Waals surface area contributed by atoms with Gasteiger partial charge in [0, 0.05) is 16.3 Å². The van der Waals surface area contributed by atoms with Crippen molar-refractivity contribution in [3.63, 3.8) is 0 Å². The van der Waals surface area contributed by atoms with E-state index in [2.05, 4.69) is 10.2 Å². The van der Waals surface area contributed by atoms with Gasteiger partial charge in [-0.05, 0) is 42.5 Å². The second-order valence-electron chi connectivity index (χ2n) is 4.15. The van der Waals surface area contributed by atoms with Crippen LogP contribution in [0, 0.1) is 4.77 Å². The van der Waals surface area contributed by atoms with Gasteiger partial charge in [0.05, 0.1) is 5.02 Å². The topological polar surface area (TPSA) is 33.6 Å². The second kappa shape index (κ2) is 5.40. The number of hydrogen-bond acceptors (Lipinski definition) is 2. The normalized spacial score (nSPS) is 10.7. The van der Waals surface area contributed by atoms with Crippen LogP contribution in [0.1, 0.15) is 0 Å². The van der Waals surface area contributed by atoms with Crippen LogP contribution < -0.4 is 0 Å². The SMILES string of the molecule is S=c1[nH]nc(-c2cc(Cl)ccc2Cl)n1-c1ccccc1. The molecule has 0 saturated carbocycles. The number of aromatic nitrogens is 3. The number of hydrogen-bond donors (Lipinski definition) is 1. The van der Waals surface area contributed by atoms with E-state index in [0.717, 1.165) is 11.3 Å². The zero-order chi connectivity index (χ0) is 14.1. The van der Waals surface area contributed by atoms with Crippen LogP contribution in [-0.4, -0.2) is 14.8 Å². The Morgan fingerprint density at radius 2 is 1.80 bits per heavy atom. The Balaban J connectivity index is 2.27. The molecule has 0 unspecified atom stereocenters. The molecule has 0 radical (unpaired) electrons. The van der Waals surface area contributed by atoms with Crippen LogP contribution in [0.3, 0.4) is 0 Å². The fourth-order valence-electron chi connectivity index (χ4n) is 1.96. The molecular weight excluding hydrogens is 313 g/mol. The summed E-state index contributed by atoms with van der Waals surface area (Å²) in [6.07, 6.45) is 0. The van der Waals surface area contributed by atoms with E-state index < -0.39 is 0 Å². The van der Waals surface area contributed by atoms with E-state index in [-0.39, 0.29) is 0 Å². The van der Waals surface area contributed by atoms with Crippen molar-refractivity contribution >= 4 is 35.4 Å². The lowest BCUT2D eigenvalue weighted by molar-refractivity contribution is 1.04. The summed E-state index contributed by atoms with van der Waals surface area (Å²) in [5, 5.41) is 8.23. The van der Waals surface area contributed by atoms with E-state index in [0.29, 0.717) is 20.6 Å². The van der Waals surface area contributed by atoms with Crippen molar-refractivity contribution < 1.29 is 0 Å². The fourth-order valence-corrected chi connectivity index (χ4v) is 2.57. The van der Waals surface area contributed by atoms with Gasteiger partial charge in [-0.15, -0.1) is 0 Å². The van der Waals surface area contributed by atoms with Crippen molar-refractivity contribution in [1.82, 2.24) is 14.8 Å². The van der Waals surface area contributed by atoms with Gasteiger partial charge in [-0.2, -0.15) is 5.10 Å². The highest BCUT2D eigenvalue weighted by Gasteiger charge is 2.14. The van der Waals surface area contributed by atoms with Crippen molar-refractivity contribution in [2.45, 2.75) is 0 Å². The first-order chi connectivity index (χ1) is 9.66. The van der Waals surface area contributed by atoms with E-state index in [4.69, 9.17) is 35.4 Å². The van der Waals surface area contributed by atoms with Crippen LogP contribution >= 0.6 is 35.4 Å².